The highest BCUT2D eigenvalue weighted by Crippen LogP contribution is 2.49. The summed E-state index contributed by atoms with van der Waals surface area (Å²) in [6, 6.07) is 8.86. The number of amides is 1. The molecule has 0 spiro atoms. The van der Waals surface area contributed by atoms with Gasteiger partial charge in [0.15, 0.2) is 0 Å². The molecule has 1 aromatic rings. The molecule has 2 aliphatic rings. The first-order valence-electron chi connectivity index (χ1n) is 8.18. The van der Waals surface area contributed by atoms with Gasteiger partial charge in [0.25, 0.3) is 10.1 Å². The topological polar surface area (TPSA) is 82.1 Å². The van der Waals surface area contributed by atoms with E-state index in [2.05, 4.69) is 0 Å². The van der Waals surface area contributed by atoms with Crippen molar-refractivity contribution < 1.29 is 26.9 Å². The third-order valence-electron chi connectivity index (χ3n) is 4.56. The van der Waals surface area contributed by atoms with Crippen molar-refractivity contribution in [3.63, 3.8) is 0 Å². The predicted octanol–water partition coefficient (Wildman–Crippen LogP) is 2.27. The molecule has 1 saturated heterocycles. The molecule has 1 aromatic carbocycles. The summed E-state index contributed by atoms with van der Waals surface area (Å²) in [4.78, 5) is 14.2. The maximum absolute atomic E-state index is 12.7. The Morgan fingerprint density at radius 3 is 2.48 bits per heavy atom. The number of hydrogen-bond donors (Lipinski definition) is 0. The van der Waals surface area contributed by atoms with E-state index in [0.717, 1.165) is 11.8 Å². The number of benzene rings is 1. The maximum atomic E-state index is 12.7. The minimum atomic E-state index is -3.63. The van der Waals surface area contributed by atoms with Gasteiger partial charge in [-0.1, -0.05) is 30.3 Å². The number of carbonyl (C=O) groups is 1. The Labute approximate surface area is 148 Å². The van der Waals surface area contributed by atoms with E-state index in [-0.39, 0.29) is 13.2 Å². The summed E-state index contributed by atoms with van der Waals surface area (Å²) < 4.78 is 39.7. The fourth-order valence-electron chi connectivity index (χ4n) is 3.22. The Bertz CT molecular complexity index is 742. The molecule has 2 fully saturated rings. The summed E-state index contributed by atoms with van der Waals surface area (Å²) in [6.07, 6.45) is 1.60. The van der Waals surface area contributed by atoms with Crippen molar-refractivity contribution in [3.05, 3.63) is 35.9 Å². The van der Waals surface area contributed by atoms with E-state index in [1.54, 1.807) is 13.8 Å². The Morgan fingerprint density at radius 2 is 1.92 bits per heavy atom. The molecule has 0 radical (unpaired) electrons. The standard InChI is InChI=1S/C17H23NO6S/c1-16(2)18(15(19)22-11-13-7-5-4-6-8-13)14(12-23-16)17(9-10-17)24-25(3,20)21/h4-8,14H,9-12H2,1-3H3/t14-/m0/s1. The Kier molecular flexibility index (Phi) is 4.55. The molecule has 0 N–H and O–H groups in total. The van der Waals surface area contributed by atoms with Gasteiger partial charge in [0.1, 0.15) is 17.9 Å². The zero-order valence-corrected chi connectivity index (χ0v) is 15.4. The van der Waals surface area contributed by atoms with Gasteiger partial charge >= 0.3 is 6.09 Å². The van der Waals surface area contributed by atoms with Crippen LogP contribution in [0.2, 0.25) is 0 Å². The normalized spacial score (nSPS) is 24.1. The highest BCUT2D eigenvalue weighted by atomic mass is 32.2. The molecule has 1 heterocycles. The van der Waals surface area contributed by atoms with E-state index in [1.807, 2.05) is 30.3 Å². The second-order valence-corrected chi connectivity index (χ2v) is 8.61. The molecular formula is C17H23NO6S. The molecule has 1 saturated carbocycles. The zero-order chi connectivity index (χ0) is 18.3. The number of nitrogens with zero attached hydrogens (tertiary/aromatic N) is 1. The van der Waals surface area contributed by atoms with Crippen molar-refractivity contribution in [1.29, 1.82) is 0 Å². The Balaban J connectivity index is 1.75. The minimum Gasteiger partial charge on any atom is -0.444 e. The largest absolute Gasteiger partial charge is 0.444 e. The van der Waals surface area contributed by atoms with Crippen LogP contribution in [0.15, 0.2) is 30.3 Å². The molecule has 0 bridgehead atoms. The van der Waals surface area contributed by atoms with E-state index < -0.39 is 33.6 Å². The van der Waals surface area contributed by atoms with E-state index in [9.17, 15) is 13.2 Å². The Hall–Kier alpha value is -1.64. The van der Waals surface area contributed by atoms with Gasteiger partial charge in [0.05, 0.1) is 18.9 Å². The van der Waals surface area contributed by atoms with Crippen molar-refractivity contribution in [1.82, 2.24) is 4.90 Å². The highest BCUT2D eigenvalue weighted by Gasteiger charge is 2.62. The summed E-state index contributed by atoms with van der Waals surface area (Å²) in [7, 11) is -3.63. The number of hydrogen-bond acceptors (Lipinski definition) is 6. The van der Waals surface area contributed by atoms with Gasteiger partial charge in [-0.2, -0.15) is 8.42 Å². The van der Waals surface area contributed by atoms with E-state index in [4.69, 9.17) is 13.7 Å². The van der Waals surface area contributed by atoms with Crippen LogP contribution in [0, 0.1) is 0 Å². The first-order valence-corrected chi connectivity index (χ1v) is 9.99. The van der Waals surface area contributed by atoms with Crippen LogP contribution in [-0.4, -0.2) is 49.6 Å². The highest BCUT2D eigenvalue weighted by molar-refractivity contribution is 7.86. The second-order valence-electron chi connectivity index (χ2n) is 7.04. The monoisotopic (exact) mass is 369 g/mol. The first-order chi connectivity index (χ1) is 11.6. The predicted molar refractivity (Wildman–Crippen MR) is 90.2 cm³/mol. The first kappa shape index (κ1) is 18.2. The summed E-state index contributed by atoms with van der Waals surface area (Å²) in [5, 5.41) is 0. The Morgan fingerprint density at radius 1 is 1.28 bits per heavy atom. The van der Waals surface area contributed by atoms with Crippen LogP contribution >= 0.6 is 0 Å². The molecule has 7 nitrogen and oxygen atoms in total. The van der Waals surface area contributed by atoms with Crippen molar-refractivity contribution in [2.75, 3.05) is 12.9 Å². The van der Waals surface area contributed by atoms with Crippen molar-refractivity contribution in [2.45, 2.75) is 50.7 Å². The molecule has 138 valence electrons. The smallest absolute Gasteiger partial charge is 0.412 e. The quantitative estimate of drug-likeness (QED) is 0.741. The van der Waals surface area contributed by atoms with Crippen LogP contribution in [0.3, 0.4) is 0 Å². The average molecular weight is 369 g/mol. The van der Waals surface area contributed by atoms with Crippen LogP contribution in [0.25, 0.3) is 0 Å². The lowest BCUT2D eigenvalue weighted by Crippen LogP contribution is -2.53. The lowest BCUT2D eigenvalue weighted by atomic mass is 10.1. The van der Waals surface area contributed by atoms with Gasteiger partial charge in [0, 0.05) is 0 Å². The third-order valence-corrected chi connectivity index (χ3v) is 5.19. The minimum absolute atomic E-state index is 0.138. The molecule has 1 atom stereocenters. The van der Waals surface area contributed by atoms with Crippen LogP contribution in [-0.2, 0) is 30.4 Å². The molecule has 25 heavy (non-hydrogen) atoms. The average Bonchev–Trinajstić information content (AvgIpc) is 3.20. The summed E-state index contributed by atoms with van der Waals surface area (Å²) in [5.74, 6) is 0. The van der Waals surface area contributed by atoms with E-state index >= 15 is 0 Å². The SMILES string of the molecule is CC1(C)OC[C@@H](C2(OS(C)(=O)=O)CC2)N1C(=O)OCc1ccccc1. The van der Waals surface area contributed by atoms with Gasteiger partial charge < -0.3 is 9.47 Å². The molecule has 1 aliphatic carbocycles. The van der Waals surface area contributed by atoms with Crippen molar-refractivity contribution >= 4 is 16.2 Å². The summed E-state index contributed by atoms with van der Waals surface area (Å²) in [5.41, 5.74) is -0.930. The van der Waals surface area contributed by atoms with Crippen LogP contribution < -0.4 is 0 Å². The molecular weight excluding hydrogens is 346 g/mol. The van der Waals surface area contributed by atoms with E-state index in [1.165, 1.54) is 4.90 Å². The van der Waals surface area contributed by atoms with Crippen LogP contribution in [0.4, 0.5) is 4.79 Å². The van der Waals surface area contributed by atoms with Crippen molar-refractivity contribution in [2.24, 2.45) is 0 Å². The maximum Gasteiger partial charge on any atom is 0.412 e. The fourth-order valence-corrected chi connectivity index (χ4v) is 4.10. The molecule has 0 aromatic heterocycles. The molecule has 3 rings (SSSR count). The van der Waals surface area contributed by atoms with Gasteiger partial charge in [-0.3, -0.25) is 9.08 Å². The molecule has 1 aliphatic heterocycles. The molecule has 8 heteroatoms. The summed E-state index contributed by atoms with van der Waals surface area (Å²) >= 11 is 0. The summed E-state index contributed by atoms with van der Waals surface area (Å²) in [6.45, 7) is 3.86. The van der Waals surface area contributed by atoms with Gasteiger partial charge in [-0.15, -0.1) is 0 Å². The molecule has 1 amide bonds. The van der Waals surface area contributed by atoms with Crippen LogP contribution in [0.1, 0.15) is 32.3 Å². The fraction of sp³-hybridized carbons (Fsp3) is 0.588. The zero-order valence-electron chi connectivity index (χ0n) is 14.6. The van der Waals surface area contributed by atoms with Gasteiger partial charge in [-0.05, 0) is 32.3 Å². The van der Waals surface area contributed by atoms with Crippen LogP contribution in [0.5, 0.6) is 0 Å². The lowest BCUT2D eigenvalue weighted by molar-refractivity contribution is -0.0543. The lowest BCUT2D eigenvalue weighted by Gasteiger charge is -2.35. The second kappa shape index (κ2) is 6.26. The number of ether oxygens (including phenoxy) is 2. The molecule has 0 unspecified atom stereocenters. The number of carbonyl (C=O) groups excluding carboxylic acids is 1. The number of rotatable bonds is 5. The van der Waals surface area contributed by atoms with Crippen molar-refractivity contribution in [3.8, 4) is 0 Å². The van der Waals surface area contributed by atoms with Gasteiger partial charge in [-0.25, -0.2) is 4.79 Å². The van der Waals surface area contributed by atoms with E-state index in [0.29, 0.717) is 12.8 Å². The van der Waals surface area contributed by atoms with Gasteiger partial charge in [0.2, 0.25) is 0 Å². The third kappa shape index (κ3) is 3.96.